The second-order valence-corrected chi connectivity index (χ2v) is 10.3. The Balaban J connectivity index is 0.000000804. The number of hydrogen-bond donors (Lipinski definition) is 6. The lowest BCUT2D eigenvalue weighted by Crippen LogP contribution is -2.39. The third kappa shape index (κ3) is 12.5. The predicted octanol–water partition coefficient (Wildman–Crippen LogP) is 5.49. The van der Waals surface area contributed by atoms with E-state index in [0.29, 0.717) is 17.7 Å². The first-order valence-corrected chi connectivity index (χ1v) is 14.6. The first-order valence-electron chi connectivity index (χ1n) is 14.6. The summed E-state index contributed by atoms with van der Waals surface area (Å²) in [5.74, 6) is -4.65. The lowest BCUT2D eigenvalue weighted by atomic mass is 9.99. The molecule has 48 heavy (non-hydrogen) atoms. The van der Waals surface area contributed by atoms with Crippen LogP contribution in [0.1, 0.15) is 30.9 Å². The van der Waals surface area contributed by atoms with Crippen LogP contribution in [0.15, 0.2) is 97.1 Å². The van der Waals surface area contributed by atoms with Crippen LogP contribution in [-0.4, -0.2) is 59.3 Å². The number of carboxylic acids is 2. The lowest BCUT2D eigenvalue weighted by molar-refractivity contribution is -0.192. The summed E-state index contributed by atoms with van der Waals surface area (Å²) >= 11 is 0. The van der Waals surface area contributed by atoms with Crippen LogP contribution in [-0.2, 0) is 19.2 Å². The van der Waals surface area contributed by atoms with Crippen LogP contribution in [0, 0.1) is 0 Å². The first kappa shape index (κ1) is 36.5. The molecule has 0 fully saturated rings. The van der Waals surface area contributed by atoms with Crippen LogP contribution in [0.5, 0.6) is 0 Å². The fourth-order valence-corrected chi connectivity index (χ4v) is 4.37. The van der Waals surface area contributed by atoms with Crippen LogP contribution in [0.25, 0.3) is 21.9 Å². The normalized spacial score (nSPS) is 11.3. The Morgan fingerprint density at radius 2 is 1.31 bits per heavy atom. The van der Waals surface area contributed by atoms with Crippen molar-refractivity contribution in [3.8, 4) is 11.1 Å². The highest BCUT2D eigenvalue weighted by Gasteiger charge is 2.38. The Morgan fingerprint density at radius 3 is 1.94 bits per heavy atom. The summed E-state index contributed by atoms with van der Waals surface area (Å²) in [4.78, 5) is 57.2. The Labute approximate surface area is 273 Å². The summed E-state index contributed by atoms with van der Waals surface area (Å²) in [6.45, 7) is -0.00831. The molecule has 11 nitrogen and oxygen atoms in total. The molecule has 0 aliphatic heterocycles. The number of halogens is 3. The molecule has 0 saturated heterocycles. The van der Waals surface area contributed by atoms with Crippen molar-refractivity contribution < 1.29 is 47.4 Å². The van der Waals surface area contributed by atoms with Gasteiger partial charge in [0.1, 0.15) is 0 Å². The number of anilines is 1. The Kier molecular flexibility index (Phi) is 13.5. The maximum absolute atomic E-state index is 12.5. The van der Waals surface area contributed by atoms with E-state index in [-0.39, 0.29) is 37.9 Å². The van der Waals surface area contributed by atoms with E-state index in [9.17, 15) is 37.5 Å². The molecule has 0 aliphatic rings. The van der Waals surface area contributed by atoms with E-state index >= 15 is 0 Å². The molecule has 252 valence electrons. The van der Waals surface area contributed by atoms with Gasteiger partial charge in [0, 0.05) is 18.7 Å². The van der Waals surface area contributed by atoms with Crippen molar-refractivity contribution in [2.45, 2.75) is 31.5 Å². The van der Waals surface area contributed by atoms with Gasteiger partial charge in [-0.25, -0.2) is 9.59 Å². The van der Waals surface area contributed by atoms with Crippen molar-refractivity contribution in [1.29, 1.82) is 0 Å². The number of hydrogen-bond acceptors (Lipinski definition) is 5. The number of benzene rings is 4. The monoisotopic (exact) mass is 666 g/mol. The highest BCUT2D eigenvalue weighted by atomic mass is 19.4. The summed E-state index contributed by atoms with van der Waals surface area (Å²) < 4.78 is 31.7. The van der Waals surface area contributed by atoms with Crippen molar-refractivity contribution in [3.63, 3.8) is 0 Å². The number of urea groups is 1. The van der Waals surface area contributed by atoms with Gasteiger partial charge in [0.25, 0.3) is 0 Å². The highest BCUT2D eigenvalue weighted by molar-refractivity contribution is 5.93. The summed E-state index contributed by atoms with van der Waals surface area (Å²) in [5.41, 5.74) is 3.32. The van der Waals surface area contributed by atoms with Crippen LogP contribution in [0.3, 0.4) is 0 Å². The maximum atomic E-state index is 12.5. The fraction of sp³-hybridized carbons (Fsp3) is 0.206. The molecule has 0 saturated carbocycles. The van der Waals surface area contributed by atoms with Gasteiger partial charge in [0.05, 0.1) is 19.0 Å². The second kappa shape index (κ2) is 17.7. The number of rotatable bonds is 12. The average Bonchev–Trinajstić information content (AvgIpc) is 3.05. The van der Waals surface area contributed by atoms with E-state index in [1.165, 1.54) is 0 Å². The Hall–Kier alpha value is -5.92. The summed E-state index contributed by atoms with van der Waals surface area (Å²) in [7, 11) is 0. The molecule has 0 aliphatic carbocycles. The number of amides is 4. The minimum atomic E-state index is -5.08. The van der Waals surface area contributed by atoms with Gasteiger partial charge in [-0.05, 0) is 46.0 Å². The molecule has 0 radical (unpaired) electrons. The Bertz CT molecular complexity index is 1720. The minimum Gasteiger partial charge on any atom is -0.481 e. The van der Waals surface area contributed by atoms with Gasteiger partial charge < -0.3 is 31.5 Å². The molecule has 4 aromatic rings. The number of carbonyl (C=O) groups excluding carboxylic acids is 3. The van der Waals surface area contributed by atoms with Crippen molar-refractivity contribution in [1.82, 2.24) is 16.0 Å². The lowest BCUT2D eigenvalue weighted by Gasteiger charge is -2.18. The molecule has 6 N–H and O–H groups in total. The van der Waals surface area contributed by atoms with Gasteiger partial charge in [-0.1, -0.05) is 84.9 Å². The minimum absolute atomic E-state index is 0.114. The van der Waals surface area contributed by atoms with Crippen LogP contribution < -0.4 is 21.3 Å². The summed E-state index contributed by atoms with van der Waals surface area (Å²) in [6.07, 6.45) is -4.88. The first-order chi connectivity index (χ1) is 22.8. The molecule has 1 unspecified atom stereocenters. The summed E-state index contributed by atoms with van der Waals surface area (Å²) in [5, 5.41) is 29.3. The number of alkyl halides is 3. The van der Waals surface area contributed by atoms with E-state index in [0.717, 1.165) is 21.9 Å². The molecule has 4 rings (SSSR count). The molecule has 4 aromatic carbocycles. The standard InChI is InChI=1S/C32H32N4O5.C2HF3O2/c37-29(11-6-18-33-32(41)35-27-17-16-23-9-4-5-10-26(23)19-27)34-21-30(38)36-28(20-31(39)40)25-14-12-24(13-15-25)22-7-2-1-3-8-22;3-2(4,5)1(6)7/h1-5,7-10,12-17,19,28H,6,11,18,20-21H2,(H,34,37)(H,36,38)(H,39,40)(H2,33,35,41);(H,6,7). The molecule has 0 heterocycles. The molecular weight excluding hydrogens is 633 g/mol. The van der Waals surface area contributed by atoms with Gasteiger partial charge in [-0.2, -0.15) is 13.2 Å². The molecule has 0 aromatic heterocycles. The van der Waals surface area contributed by atoms with Crippen LogP contribution >= 0.6 is 0 Å². The van der Waals surface area contributed by atoms with Gasteiger partial charge in [0.2, 0.25) is 11.8 Å². The zero-order chi connectivity index (χ0) is 35.1. The third-order valence-electron chi connectivity index (χ3n) is 6.70. The SMILES string of the molecule is O=C(O)C(F)(F)F.O=C(O)CC(NC(=O)CNC(=O)CCCNC(=O)Nc1ccc2ccccc2c1)c1ccc(-c2ccccc2)cc1. The van der Waals surface area contributed by atoms with E-state index < -0.39 is 30.1 Å². The van der Waals surface area contributed by atoms with E-state index in [1.54, 1.807) is 12.1 Å². The second-order valence-electron chi connectivity index (χ2n) is 10.3. The van der Waals surface area contributed by atoms with E-state index in [1.807, 2.05) is 84.9 Å². The van der Waals surface area contributed by atoms with E-state index in [4.69, 9.17) is 9.90 Å². The van der Waals surface area contributed by atoms with Crippen LogP contribution in [0.4, 0.5) is 23.7 Å². The molecular formula is C34H33F3N4O7. The molecule has 4 amide bonds. The molecule has 0 bridgehead atoms. The summed E-state index contributed by atoms with van der Waals surface area (Å²) in [6, 6.07) is 29.4. The van der Waals surface area contributed by atoms with Crippen molar-refractivity contribution in [2.24, 2.45) is 0 Å². The number of carboxylic acid groups (broad SMARTS) is 2. The quantitative estimate of drug-likeness (QED) is 0.108. The van der Waals surface area contributed by atoms with Gasteiger partial charge in [-0.3, -0.25) is 14.4 Å². The maximum Gasteiger partial charge on any atom is 0.490 e. The molecule has 14 heteroatoms. The van der Waals surface area contributed by atoms with E-state index in [2.05, 4.69) is 21.3 Å². The molecule has 1 atom stereocenters. The fourth-order valence-electron chi connectivity index (χ4n) is 4.37. The topological polar surface area (TPSA) is 174 Å². The number of nitrogens with one attached hydrogen (secondary N) is 4. The molecule has 0 spiro atoms. The zero-order valence-electron chi connectivity index (χ0n) is 25.4. The van der Waals surface area contributed by atoms with Gasteiger partial charge >= 0.3 is 24.1 Å². The van der Waals surface area contributed by atoms with Gasteiger partial charge in [0.15, 0.2) is 0 Å². The van der Waals surface area contributed by atoms with Gasteiger partial charge in [-0.15, -0.1) is 0 Å². The van der Waals surface area contributed by atoms with Crippen LogP contribution in [0.2, 0.25) is 0 Å². The Morgan fingerprint density at radius 1 is 0.708 bits per heavy atom. The number of fused-ring (bicyclic) bond motifs is 1. The third-order valence-corrected chi connectivity index (χ3v) is 6.70. The number of aliphatic carboxylic acids is 2. The zero-order valence-corrected chi connectivity index (χ0v) is 25.4. The van der Waals surface area contributed by atoms with Crippen molar-refractivity contribution >= 4 is 46.2 Å². The average molecular weight is 667 g/mol. The van der Waals surface area contributed by atoms with Crippen molar-refractivity contribution in [2.75, 3.05) is 18.4 Å². The smallest absolute Gasteiger partial charge is 0.481 e. The largest absolute Gasteiger partial charge is 0.490 e. The predicted molar refractivity (Wildman–Crippen MR) is 172 cm³/mol. The van der Waals surface area contributed by atoms with Crippen molar-refractivity contribution in [3.05, 3.63) is 103 Å². The highest BCUT2D eigenvalue weighted by Crippen LogP contribution is 2.23. The number of carbonyl (C=O) groups is 5.